The second kappa shape index (κ2) is 17.0. The van der Waals surface area contributed by atoms with Crippen LogP contribution in [0.15, 0.2) is 0 Å². The lowest BCUT2D eigenvalue weighted by Crippen LogP contribution is -2.52. The van der Waals surface area contributed by atoms with Gasteiger partial charge in [-0.2, -0.15) is 0 Å². The SMILES string of the molecule is CCCCCCN(CCCCCC)CCC[Si](C)(C)O[Si](C)(C)O[Si](C)(C)CCCC. The Hall–Kier alpha value is 0.531. The van der Waals surface area contributed by atoms with E-state index in [-0.39, 0.29) is 0 Å². The second-order valence-electron chi connectivity index (χ2n) is 11.3. The van der Waals surface area contributed by atoms with Gasteiger partial charge in [-0.05, 0) is 90.3 Å². The van der Waals surface area contributed by atoms with Gasteiger partial charge in [0.1, 0.15) is 0 Å². The third-order valence-electron chi connectivity index (χ3n) is 6.09. The first-order chi connectivity index (χ1) is 14.5. The Morgan fingerprint density at radius 3 is 1.29 bits per heavy atom. The van der Waals surface area contributed by atoms with E-state index in [4.69, 9.17) is 8.23 Å². The van der Waals surface area contributed by atoms with Crippen LogP contribution in [0.1, 0.15) is 91.4 Å². The molecule has 0 amide bonds. The lowest BCUT2D eigenvalue weighted by molar-refractivity contribution is 0.259. The molecule has 0 bridgehead atoms. The van der Waals surface area contributed by atoms with Crippen molar-refractivity contribution >= 4 is 25.2 Å². The fraction of sp³-hybridized carbons (Fsp3) is 1.00. The van der Waals surface area contributed by atoms with Gasteiger partial charge >= 0.3 is 8.56 Å². The van der Waals surface area contributed by atoms with Crippen molar-refractivity contribution in [2.24, 2.45) is 0 Å². The molecule has 0 aromatic rings. The highest BCUT2D eigenvalue weighted by molar-refractivity contribution is 6.87. The summed E-state index contributed by atoms with van der Waals surface area (Å²) in [5.74, 6) is 0. The molecule has 0 aliphatic heterocycles. The average molecular weight is 490 g/mol. The maximum absolute atomic E-state index is 6.82. The van der Waals surface area contributed by atoms with Crippen molar-refractivity contribution in [3.63, 3.8) is 0 Å². The van der Waals surface area contributed by atoms with E-state index in [9.17, 15) is 0 Å². The van der Waals surface area contributed by atoms with Crippen molar-refractivity contribution in [3.05, 3.63) is 0 Å². The standard InChI is InChI=1S/C25H59NO2Si3/c1-10-13-16-18-21-26(22-19-17-14-11-2)23-20-25-30(6,7)28-31(8,9)27-29(4,5)24-15-12-3/h10-25H2,1-9H3. The van der Waals surface area contributed by atoms with Crippen LogP contribution >= 0.6 is 0 Å². The van der Waals surface area contributed by atoms with Gasteiger partial charge in [-0.3, -0.25) is 0 Å². The van der Waals surface area contributed by atoms with E-state index in [2.05, 4.69) is 65.0 Å². The van der Waals surface area contributed by atoms with Gasteiger partial charge in [0.25, 0.3) is 0 Å². The van der Waals surface area contributed by atoms with Crippen LogP contribution in [0.5, 0.6) is 0 Å². The van der Waals surface area contributed by atoms with Crippen LogP contribution in [-0.4, -0.2) is 49.7 Å². The summed E-state index contributed by atoms with van der Waals surface area (Å²) in [4.78, 5) is 2.75. The van der Waals surface area contributed by atoms with E-state index in [1.165, 1.54) is 102 Å². The van der Waals surface area contributed by atoms with Crippen molar-refractivity contribution in [1.82, 2.24) is 4.90 Å². The summed E-state index contributed by atoms with van der Waals surface area (Å²) in [5, 5.41) is 0. The normalized spacial score (nSPS) is 13.4. The van der Waals surface area contributed by atoms with Gasteiger partial charge in [-0.25, -0.2) is 0 Å². The Labute approximate surface area is 200 Å². The van der Waals surface area contributed by atoms with Crippen molar-refractivity contribution in [2.45, 2.75) is 143 Å². The minimum absolute atomic E-state index is 1.25. The van der Waals surface area contributed by atoms with Crippen LogP contribution in [0.2, 0.25) is 51.4 Å². The molecule has 188 valence electrons. The summed E-state index contributed by atoms with van der Waals surface area (Å²) >= 11 is 0. The molecule has 0 saturated carbocycles. The highest BCUT2D eigenvalue weighted by Gasteiger charge is 2.39. The molecule has 31 heavy (non-hydrogen) atoms. The van der Waals surface area contributed by atoms with E-state index < -0.39 is 25.2 Å². The topological polar surface area (TPSA) is 21.7 Å². The minimum atomic E-state index is -2.05. The Morgan fingerprint density at radius 2 is 0.871 bits per heavy atom. The molecule has 0 aliphatic carbocycles. The summed E-state index contributed by atoms with van der Waals surface area (Å²) in [6.07, 6.45) is 14.8. The summed E-state index contributed by atoms with van der Waals surface area (Å²) in [5.41, 5.74) is 0. The third kappa shape index (κ3) is 18.6. The van der Waals surface area contributed by atoms with Crippen LogP contribution in [0.4, 0.5) is 0 Å². The molecule has 0 rings (SSSR count). The Morgan fingerprint density at radius 1 is 0.484 bits per heavy atom. The van der Waals surface area contributed by atoms with Gasteiger partial charge in [0.05, 0.1) is 0 Å². The monoisotopic (exact) mass is 489 g/mol. The molecule has 0 radical (unpaired) electrons. The number of nitrogens with zero attached hydrogens (tertiary/aromatic N) is 1. The molecule has 0 atom stereocenters. The molecule has 6 heteroatoms. The van der Waals surface area contributed by atoms with Crippen molar-refractivity contribution < 1.29 is 8.23 Å². The molecule has 0 N–H and O–H groups in total. The number of unbranched alkanes of at least 4 members (excludes halogenated alkanes) is 7. The van der Waals surface area contributed by atoms with Crippen LogP contribution in [-0.2, 0) is 8.23 Å². The maximum atomic E-state index is 6.82. The number of hydrogen-bond acceptors (Lipinski definition) is 3. The van der Waals surface area contributed by atoms with Crippen LogP contribution in [0.3, 0.4) is 0 Å². The van der Waals surface area contributed by atoms with Gasteiger partial charge in [0, 0.05) is 0 Å². The first-order valence-corrected chi connectivity index (χ1v) is 22.6. The highest BCUT2D eigenvalue weighted by atomic mass is 28.5. The summed E-state index contributed by atoms with van der Waals surface area (Å²) in [7, 11) is -5.35. The lowest BCUT2D eigenvalue weighted by atomic mass is 10.1. The highest BCUT2D eigenvalue weighted by Crippen LogP contribution is 2.26. The minimum Gasteiger partial charge on any atom is -0.437 e. The van der Waals surface area contributed by atoms with Crippen molar-refractivity contribution in [3.8, 4) is 0 Å². The molecule has 0 heterocycles. The fourth-order valence-corrected chi connectivity index (χ4v) is 18.9. The average Bonchev–Trinajstić information content (AvgIpc) is 2.64. The Kier molecular flexibility index (Phi) is 17.3. The molecule has 0 spiro atoms. The maximum Gasteiger partial charge on any atom is 0.311 e. The first kappa shape index (κ1) is 31.5. The molecule has 0 unspecified atom stereocenters. The first-order valence-electron chi connectivity index (χ1n) is 13.6. The van der Waals surface area contributed by atoms with Crippen LogP contribution in [0.25, 0.3) is 0 Å². The smallest absolute Gasteiger partial charge is 0.311 e. The number of hydrogen-bond donors (Lipinski definition) is 0. The van der Waals surface area contributed by atoms with Gasteiger partial charge in [0.2, 0.25) is 0 Å². The molecule has 0 fully saturated rings. The molecule has 0 aromatic carbocycles. The lowest BCUT2D eigenvalue weighted by Gasteiger charge is -2.39. The number of rotatable bonds is 21. The quantitative estimate of drug-likeness (QED) is 0.119. The van der Waals surface area contributed by atoms with E-state index >= 15 is 0 Å². The van der Waals surface area contributed by atoms with Gasteiger partial charge in [-0.15, -0.1) is 0 Å². The molecular formula is C25H59NO2Si3. The predicted molar refractivity (Wildman–Crippen MR) is 148 cm³/mol. The van der Waals surface area contributed by atoms with Gasteiger partial charge < -0.3 is 13.1 Å². The molecule has 0 saturated heterocycles. The Bertz CT molecular complexity index is 419. The van der Waals surface area contributed by atoms with Crippen LogP contribution in [0, 0.1) is 0 Å². The van der Waals surface area contributed by atoms with Crippen LogP contribution < -0.4 is 0 Å². The van der Waals surface area contributed by atoms with E-state index in [0.29, 0.717) is 0 Å². The molecule has 0 aliphatic rings. The summed E-state index contributed by atoms with van der Waals surface area (Å²) in [6, 6.07) is 2.51. The molecule has 3 nitrogen and oxygen atoms in total. The zero-order chi connectivity index (χ0) is 23.8. The van der Waals surface area contributed by atoms with Crippen molar-refractivity contribution in [1.29, 1.82) is 0 Å². The molecule has 0 aromatic heterocycles. The Balaban J connectivity index is 4.55. The second-order valence-corrected chi connectivity index (χ2v) is 23.8. The largest absolute Gasteiger partial charge is 0.437 e. The molecular weight excluding hydrogens is 431 g/mol. The van der Waals surface area contributed by atoms with E-state index in [1.54, 1.807) is 0 Å². The van der Waals surface area contributed by atoms with Gasteiger partial charge in [-0.1, -0.05) is 72.1 Å². The predicted octanol–water partition coefficient (Wildman–Crippen LogP) is 8.78. The summed E-state index contributed by atoms with van der Waals surface area (Å²) in [6.45, 7) is 24.9. The zero-order valence-corrected chi connectivity index (χ0v) is 26.1. The van der Waals surface area contributed by atoms with Crippen molar-refractivity contribution in [2.75, 3.05) is 19.6 Å². The zero-order valence-electron chi connectivity index (χ0n) is 23.1. The summed E-state index contributed by atoms with van der Waals surface area (Å²) < 4.78 is 13.5. The fourth-order valence-electron chi connectivity index (χ4n) is 4.64. The third-order valence-corrected chi connectivity index (χ3v) is 17.6. The van der Waals surface area contributed by atoms with E-state index in [1.807, 2.05) is 0 Å². The van der Waals surface area contributed by atoms with Gasteiger partial charge in [0.15, 0.2) is 16.6 Å². The van der Waals surface area contributed by atoms with E-state index in [0.717, 1.165) is 0 Å².